The molecule has 3 nitrogen and oxygen atoms in total. The number of aliphatic hydroxyl groups excluding tert-OH is 2. The van der Waals surface area contributed by atoms with E-state index in [1.807, 2.05) is 0 Å². The molecule has 0 saturated heterocycles. The Bertz CT molecular complexity index is 348. The fourth-order valence-electron chi connectivity index (χ4n) is 1.77. The zero-order chi connectivity index (χ0) is 12.3. The normalized spacial score (nSPS) is 12.6. The van der Waals surface area contributed by atoms with E-state index >= 15 is 0 Å². The molecular weight excluding hydrogens is 202 g/mol. The van der Waals surface area contributed by atoms with Gasteiger partial charge in [0.15, 0.2) is 0 Å². The Morgan fingerprint density at radius 1 is 1.12 bits per heavy atom. The predicted molar refractivity (Wildman–Crippen MR) is 67.0 cm³/mol. The number of nitrogens with one attached hydrogen (secondary N) is 1. The molecule has 0 aliphatic carbocycles. The molecule has 90 valence electrons. The van der Waals surface area contributed by atoms with Crippen LogP contribution in [0.25, 0.3) is 0 Å². The lowest BCUT2D eigenvalue weighted by Gasteiger charge is -2.18. The first-order chi connectivity index (χ1) is 7.47. The number of anilines is 1. The van der Waals surface area contributed by atoms with E-state index in [2.05, 4.69) is 39.1 Å². The maximum absolute atomic E-state index is 9.33. The highest BCUT2D eigenvalue weighted by molar-refractivity contribution is 5.62. The molecule has 0 spiro atoms. The summed E-state index contributed by atoms with van der Waals surface area (Å²) in [7, 11) is 0. The zero-order valence-corrected chi connectivity index (χ0v) is 10.5. The molecule has 0 radical (unpaired) electrons. The van der Waals surface area contributed by atoms with Crippen LogP contribution in [0.2, 0.25) is 0 Å². The summed E-state index contributed by atoms with van der Waals surface area (Å²) >= 11 is 0. The maximum atomic E-state index is 9.33. The van der Waals surface area contributed by atoms with Crippen LogP contribution in [0.4, 0.5) is 5.69 Å². The quantitative estimate of drug-likeness (QED) is 0.728. The Hall–Kier alpha value is -1.06. The fraction of sp³-hybridized carbons (Fsp3) is 0.538. The van der Waals surface area contributed by atoms with Crippen LogP contribution in [0.15, 0.2) is 6.07 Å². The van der Waals surface area contributed by atoms with Crippen molar-refractivity contribution in [1.29, 1.82) is 0 Å². The maximum Gasteiger partial charge on any atom is 0.0942 e. The van der Waals surface area contributed by atoms with Gasteiger partial charge in [0.1, 0.15) is 0 Å². The van der Waals surface area contributed by atoms with Crippen molar-refractivity contribution in [2.75, 3.05) is 18.5 Å². The third kappa shape index (κ3) is 2.74. The topological polar surface area (TPSA) is 52.5 Å². The molecule has 1 aromatic carbocycles. The molecule has 0 amide bonds. The lowest BCUT2D eigenvalue weighted by Crippen LogP contribution is -2.23. The first kappa shape index (κ1) is 13.0. The number of aliphatic hydroxyl groups is 2. The highest BCUT2D eigenvalue weighted by Crippen LogP contribution is 2.26. The summed E-state index contributed by atoms with van der Waals surface area (Å²) in [6, 6.07) is 2.16. The van der Waals surface area contributed by atoms with Crippen molar-refractivity contribution >= 4 is 5.69 Å². The van der Waals surface area contributed by atoms with Crippen LogP contribution in [-0.4, -0.2) is 29.5 Å². The largest absolute Gasteiger partial charge is 0.394 e. The summed E-state index contributed by atoms with van der Waals surface area (Å²) in [4.78, 5) is 0. The van der Waals surface area contributed by atoms with Crippen LogP contribution in [-0.2, 0) is 0 Å². The average molecular weight is 223 g/mol. The lowest BCUT2D eigenvalue weighted by atomic mass is 9.98. The van der Waals surface area contributed by atoms with Gasteiger partial charge >= 0.3 is 0 Å². The molecule has 0 bridgehead atoms. The molecule has 16 heavy (non-hydrogen) atoms. The molecule has 0 saturated carbocycles. The summed E-state index contributed by atoms with van der Waals surface area (Å²) in [6.07, 6.45) is -0.709. The van der Waals surface area contributed by atoms with E-state index in [1.54, 1.807) is 0 Å². The third-order valence-corrected chi connectivity index (χ3v) is 3.09. The Labute approximate surface area is 97.1 Å². The third-order valence-electron chi connectivity index (χ3n) is 3.09. The molecule has 0 aliphatic heterocycles. The SMILES string of the molecule is Cc1cc(C)c(C)c(NCC(O)CO)c1C. The molecule has 1 atom stereocenters. The van der Waals surface area contributed by atoms with Gasteiger partial charge in [-0.25, -0.2) is 0 Å². The first-order valence-corrected chi connectivity index (χ1v) is 5.57. The van der Waals surface area contributed by atoms with Gasteiger partial charge in [-0.1, -0.05) is 6.07 Å². The minimum absolute atomic E-state index is 0.212. The second-order valence-corrected chi connectivity index (χ2v) is 4.35. The summed E-state index contributed by atoms with van der Waals surface area (Å²) in [5.74, 6) is 0. The summed E-state index contributed by atoms with van der Waals surface area (Å²) < 4.78 is 0. The number of aryl methyl sites for hydroxylation is 2. The van der Waals surface area contributed by atoms with Crippen LogP contribution in [0.3, 0.4) is 0 Å². The molecular formula is C13H21NO2. The number of hydrogen-bond acceptors (Lipinski definition) is 3. The van der Waals surface area contributed by atoms with E-state index in [4.69, 9.17) is 5.11 Å². The van der Waals surface area contributed by atoms with Crippen LogP contribution in [0.1, 0.15) is 22.3 Å². The average Bonchev–Trinajstić information content (AvgIpc) is 2.26. The van der Waals surface area contributed by atoms with E-state index in [0.29, 0.717) is 6.54 Å². The molecule has 3 heteroatoms. The van der Waals surface area contributed by atoms with Gasteiger partial charge in [0, 0.05) is 12.2 Å². The molecule has 0 heterocycles. The summed E-state index contributed by atoms with van der Waals surface area (Å²) in [5, 5.41) is 21.3. The Morgan fingerprint density at radius 3 is 2.06 bits per heavy atom. The standard InChI is InChI=1S/C13H21NO2/c1-8-5-9(2)11(4)13(10(8)3)14-6-12(16)7-15/h5,12,14-16H,6-7H2,1-4H3. The van der Waals surface area contributed by atoms with E-state index in [0.717, 1.165) is 5.69 Å². The van der Waals surface area contributed by atoms with Gasteiger partial charge in [-0.2, -0.15) is 0 Å². The minimum Gasteiger partial charge on any atom is -0.394 e. The van der Waals surface area contributed by atoms with E-state index in [9.17, 15) is 5.11 Å². The van der Waals surface area contributed by atoms with E-state index in [-0.39, 0.29) is 6.61 Å². The molecule has 0 aromatic heterocycles. The second-order valence-electron chi connectivity index (χ2n) is 4.35. The highest BCUT2D eigenvalue weighted by Gasteiger charge is 2.09. The monoisotopic (exact) mass is 223 g/mol. The van der Waals surface area contributed by atoms with Crippen molar-refractivity contribution in [3.8, 4) is 0 Å². The van der Waals surface area contributed by atoms with Crippen LogP contribution >= 0.6 is 0 Å². The Kier molecular flexibility index (Phi) is 4.33. The molecule has 1 unspecified atom stereocenters. The first-order valence-electron chi connectivity index (χ1n) is 5.57. The molecule has 1 rings (SSSR count). The van der Waals surface area contributed by atoms with Crippen molar-refractivity contribution < 1.29 is 10.2 Å². The summed E-state index contributed by atoms with van der Waals surface area (Å²) in [6.45, 7) is 8.45. The van der Waals surface area contributed by atoms with Gasteiger partial charge < -0.3 is 15.5 Å². The molecule has 1 aromatic rings. The predicted octanol–water partition coefficient (Wildman–Crippen LogP) is 1.69. The van der Waals surface area contributed by atoms with Crippen molar-refractivity contribution in [3.63, 3.8) is 0 Å². The van der Waals surface area contributed by atoms with Gasteiger partial charge in [-0.05, 0) is 49.9 Å². The lowest BCUT2D eigenvalue weighted by molar-refractivity contribution is 0.105. The number of benzene rings is 1. The summed E-state index contributed by atoms with van der Waals surface area (Å²) in [5.41, 5.74) is 5.96. The number of rotatable bonds is 4. The Morgan fingerprint density at radius 2 is 1.62 bits per heavy atom. The second kappa shape index (κ2) is 5.32. The zero-order valence-electron chi connectivity index (χ0n) is 10.5. The molecule has 0 aliphatic rings. The van der Waals surface area contributed by atoms with Crippen LogP contribution < -0.4 is 5.32 Å². The highest BCUT2D eigenvalue weighted by atomic mass is 16.3. The smallest absolute Gasteiger partial charge is 0.0942 e. The fourth-order valence-corrected chi connectivity index (χ4v) is 1.77. The van der Waals surface area contributed by atoms with Crippen LogP contribution in [0, 0.1) is 27.7 Å². The van der Waals surface area contributed by atoms with Gasteiger partial charge in [-0.3, -0.25) is 0 Å². The Balaban J connectivity index is 2.94. The molecule has 0 fully saturated rings. The van der Waals surface area contributed by atoms with E-state index < -0.39 is 6.10 Å². The van der Waals surface area contributed by atoms with Crippen molar-refractivity contribution in [1.82, 2.24) is 0 Å². The van der Waals surface area contributed by atoms with Gasteiger partial charge in [0.05, 0.1) is 12.7 Å². The van der Waals surface area contributed by atoms with Gasteiger partial charge in [-0.15, -0.1) is 0 Å². The minimum atomic E-state index is -0.709. The van der Waals surface area contributed by atoms with Gasteiger partial charge in [0.2, 0.25) is 0 Å². The van der Waals surface area contributed by atoms with Gasteiger partial charge in [0.25, 0.3) is 0 Å². The van der Waals surface area contributed by atoms with Crippen LogP contribution in [0.5, 0.6) is 0 Å². The van der Waals surface area contributed by atoms with Crippen molar-refractivity contribution in [3.05, 3.63) is 28.3 Å². The number of hydrogen-bond donors (Lipinski definition) is 3. The van der Waals surface area contributed by atoms with E-state index in [1.165, 1.54) is 22.3 Å². The molecule has 3 N–H and O–H groups in total. The van der Waals surface area contributed by atoms with Crippen molar-refractivity contribution in [2.45, 2.75) is 33.8 Å². The van der Waals surface area contributed by atoms with Crippen molar-refractivity contribution in [2.24, 2.45) is 0 Å².